The fourth-order valence-electron chi connectivity index (χ4n) is 5.20. The van der Waals surface area contributed by atoms with Crippen LogP contribution in [0.25, 0.3) is 0 Å². The lowest BCUT2D eigenvalue weighted by atomic mass is 9.75. The van der Waals surface area contributed by atoms with Crippen molar-refractivity contribution in [3.8, 4) is 17.5 Å². The summed E-state index contributed by atoms with van der Waals surface area (Å²) < 4.78 is 22.9. The molecule has 0 radical (unpaired) electrons. The van der Waals surface area contributed by atoms with E-state index in [1.165, 1.54) is 30.9 Å². The third kappa shape index (κ3) is 6.33. The number of ether oxygens (including phenoxy) is 3. The number of anilines is 2. The Labute approximate surface area is 236 Å². The highest BCUT2D eigenvalue weighted by molar-refractivity contribution is 6.03. The number of carbonyl (C=O) groups is 1. The topological polar surface area (TPSA) is 111 Å². The van der Waals surface area contributed by atoms with Crippen LogP contribution >= 0.6 is 0 Å². The van der Waals surface area contributed by atoms with Crippen LogP contribution in [0.3, 0.4) is 0 Å². The summed E-state index contributed by atoms with van der Waals surface area (Å²) >= 11 is 0. The van der Waals surface area contributed by atoms with Gasteiger partial charge in [0, 0.05) is 18.5 Å². The van der Waals surface area contributed by atoms with E-state index in [1.807, 2.05) is 20.2 Å². The van der Waals surface area contributed by atoms with Crippen LogP contribution in [0.2, 0.25) is 0 Å². The molecule has 40 heavy (non-hydrogen) atoms. The molecule has 10 nitrogen and oxygen atoms in total. The number of benzene rings is 1. The van der Waals surface area contributed by atoms with Crippen LogP contribution in [-0.4, -0.2) is 68.8 Å². The Bertz CT molecular complexity index is 1340. The average Bonchev–Trinajstić information content (AvgIpc) is 3.37. The van der Waals surface area contributed by atoms with Crippen molar-refractivity contribution in [2.45, 2.75) is 52.4 Å². The lowest BCUT2D eigenvalue weighted by Crippen LogP contribution is -2.28. The third-order valence-electron chi connectivity index (χ3n) is 7.33. The first-order valence-corrected chi connectivity index (χ1v) is 13.6. The number of aromatic nitrogens is 2. The molecule has 0 fully saturated rings. The molecule has 0 spiro atoms. The summed E-state index contributed by atoms with van der Waals surface area (Å²) in [5.41, 5.74) is 5.05. The first-order valence-electron chi connectivity index (χ1n) is 13.6. The van der Waals surface area contributed by atoms with Gasteiger partial charge < -0.3 is 34.2 Å². The number of fused-ring (bicyclic) bond motifs is 1. The van der Waals surface area contributed by atoms with Crippen LogP contribution in [0, 0.1) is 13.8 Å². The minimum absolute atomic E-state index is 0.0335. The lowest BCUT2D eigenvalue weighted by molar-refractivity contribution is 0.0994. The fraction of sp³-hybridized carbons (Fsp3) is 0.500. The molecule has 1 aromatic carbocycles. The molecule has 10 heteroatoms. The van der Waals surface area contributed by atoms with Crippen LogP contribution in [0.15, 0.2) is 22.6 Å². The van der Waals surface area contributed by atoms with Gasteiger partial charge in [-0.25, -0.2) is 0 Å². The SMILES string of the molecule is COc1nc(NCCCN(C)C)nc(OC)c1NC(=O)c1ccc(Cc2c(C)cc3c(c2C)C(C)(C)CCO3)o1. The van der Waals surface area contributed by atoms with E-state index in [0.29, 0.717) is 24.7 Å². The van der Waals surface area contributed by atoms with Crippen molar-refractivity contribution < 1.29 is 23.4 Å². The Morgan fingerprint density at radius 1 is 1.12 bits per heavy atom. The number of carbonyl (C=O) groups excluding carboxylic acids is 1. The van der Waals surface area contributed by atoms with Crippen molar-refractivity contribution in [2.75, 3.05) is 58.6 Å². The molecule has 216 valence electrons. The maximum Gasteiger partial charge on any atom is 0.291 e. The van der Waals surface area contributed by atoms with E-state index in [-0.39, 0.29) is 28.6 Å². The summed E-state index contributed by atoms with van der Waals surface area (Å²) in [6, 6.07) is 5.62. The van der Waals surface area contributed by atoms with E-state index in [2.05, 4.69) is 59.3 Å². The molecule has 1 aliphatic rings. The van der Waals surface area contributed by atoms with Crippen molar-refractivity contribution in [1.29, 1.82) is 0 Å². The van der Waals surface area contributed by atoms with Gasteiger partial charge in [0.2, 0.25) is 17.7 Å². The summed E-state index contributed by atoms with van der Waals surface area (Å²) in [6.45, 7) is 11.1. The highest BCUT2D eigenvalue weighted by Crippen LogP contribution is 2.43. The number of aryl methyl sites for hydroxylation is 1. The normalized spacial score (nSPS) is 13.9. The second-order valence-corrected chi connectivity index (χ2v) is 11.1. The van der Waals surface area contributed by atoms with Crippen LogP contribution in [0.5, 0.6) is 17.5 Å². The zero-order valence-corrected chi connectivity index (χ0v) is 24.9. The average molecular weight is 552 g/mol. The van der Waals surface area contributed by atoms with Gasteiger partial charge in [-0.1, -0.05) is 13.8 Å². The molecular formula is C30H41N5O5. The number of furan rings is 1. The summed E-state index contributed by atoms with van der Waals surface area (Å²) in [4.78, 5) is 24.1. The standard InChI is InChI=1S/C30H41N5O5/c1-18-16-23-24(30(3,4)12-15-39-23)19(2)21(18)17-20-10-11-22(40-20)26(36)32-25-27(37-7)33-29(34-28(25)38-8)31-13-9-14-35(5)6/h10-11,16H,9,12-15,17H2,1-8H3,(H,32,36)(H,31,33,34). The van der Waals surface area contributed by atoms with Gasteiger partial charge in [-0.15, -0.1) is 0 Å². The summed E-state index contributed by atoms with van der Waals surface area (Å²) in [7, 11) is 7.00. The fourth-order valence-corrected chi connectivity index (χ4v) is 5.20. The van der Waals surface area contributed by atoms with Gasteiger partial charge in [-0.2, -0.15) is 9.97 Å². The Balaban J connectivity index is 1.51. The molecule has 3 heterocycles. The van der Waals surface area contributed by atoms with E-state index in [0.717, 1.165) is 37.3 Å². The minimum Gasteiger partial charge on any atom is -0.493 e. The quantitative estimate of drug-likeness (QED) is 0.319. The molecule has 1 aliphatic heterocycles. The van der Waals surface area contributed by atoms with E-state index < -0.39 is 5.91 Å². The van der Waals surface area contributed by atoms with Crippen molar-refractivity contribution in [2.24, 2.45) is 0 Å². The molecule has 0 unspecified atom stereocenters. The second kappa shape index (κ2) is 12.2. The van der Waals surface area contributed by atoms with Crippen LogP contribution in [-0.2, 0) is 11.8 Å². The number of rotatable bonds is 11. The zero-order chi connectivity index (χ0) is 29.0. The van der Waals surface area contributed by atoms with Gasteiger partial charge in [-0.3, -0.25) is 4.79 Å². The second-order valence-electron chi connectivity index (χ2n) is 11.1. The van der Waals surface area contributed by atoms with E-state index in [4.69, 9.17) is 18.6 Å². The van der Waals surface area contributed by atoms with Crippen LogP contribution < -0.4 is 24.8 Å². The first kappa shape index (κ1) is 29.2. The smallest absolute Gasteiger partial charge is 0.291 e. The Kier molecular flexibility index (Phi) is 8.88. The molecule has 2 aromatic heterocycles. The van der Waals surface area contributed by atoms with Crippen molar-refractivity contribution >= 4 is 17.5 Å². The van der Waals surface area contributed by atoms with Gasteiger partial charge in [0.1, 0.15) is 11.5 Å². The first-order chi connectivity index (χ1) is 19.0. The van der Waals surface area contributed by atoms with Crippen molar-refractivity contribution in [3.05, 3.63) is 52.0 Å². The number of hydrogen-bond donors (Lipinski definition) is 2. The number of nitrogens with one attached hydrogen (secondary N) is 2. The van der Waals surface area contributed by atoms with Crippen molar-refractivity contribution in [3.63, 3.8) is 0 Å². The molecular weight excluding hydrogens is 510 g/mol. The molecule has 1 amide bonds. The molecule has 0 saturated carbocycles. The zero-order valence-electron chi connectivity index (χ0n) is 24.9. The van der Waals surface area contributed by atoms with Gasteiger partial charge in [0.15, 0.2) is 11.4 Å². The third-order valence-corrected chi connectivity index (χ3v) is 7.33. The molecule has 0 bridgehead atoms. The lowest BCUT2D eigenvalue weighted by Gasteiger charge is -2.35. The number of nitrogens with zero attached hydrogens (tertiary/aromatic N) is 3. The monoisotopic (exact) mass is 551 g/mol. The van der Waals surface area contributed by atoms with E-state index >= 15 is 0 Å². The minimum atomic E-state index is -0.452. The van der Waals surface area contributed by atoms with Gasteiger partial charge in [0.05, 0.1) is 20.8 Å². The van der Waals surface area contributed by atoms with Crippen LogP contribution in [0.1, 0.15) is 65.3 Å². The predicted molar refractivity (Wildman–Crippen MR) is 155 cm³/mol. The molecule has 0 aliphatic carbocycles. The van der Waals surface area contributed by atoms with Crippen LogP contribution in [0.4, 0.5) is 11.6 Å². The predicted octanol–water partition coefficient (Wildman–Crippen LogP) is 4.97. The van der Waals surface area contributed by atoms with Gasteiger partial charge in [0.25, 0.3) is 5.91 Å². The Morgan fingerprint density at radius 3 is 2.48 bits per heavy atom. The number of hydrogen-bond acceptors (Lipinski definition) is 9. The van der Waals surface area contributed by atoms with E-state index in [9.17, 15) is 4.79 Å². The molecule has 4 rings (SSSR count). The summed E-state index contributed by atoms with van der Waals surface area (Å²) in [5, 5.41) is 5.97. The molecule has 3 aromatic rings. The highest BCUT2D eigenvalue weighted by Gasteiger charge is 2.32. The maximum atomic E-state index is 13.2. The summed E-state index contributed by atoms with van der Waals surface area (Å²) in [5.74, 6) is 2.11. The largest absolute Gasteiger partial charge is 0.493 e. The highest BCUT2D eigenvalue weighted by atomic mass is 16.5. The van der Waals surface area contributed by atoms with Gasteiger partial charge >= 0.3 is 0 Å². The maximum absolute atomic E-state index is 13.2. The van der Waals surface area contributed by atoms with Crippen molar-refractivity contribution in [1.82, 2.24) is 14.9 Å². The number of methoxy groups -OCH3 is 2. The van der Waals surface area contributed by atoms with Gasteiger partial charge in [-0.05, 0) is 87.6 Å². The molecule has 0 atom stereocenters. The Morgan fingerprint density at radius 2 is 1.82 bits per heavy atom. The summed E-state index contributed by atoms with van der Waals surface area (Å²) in [6.07, 6.45) is 2.45. The number of amides is 1. The molecule has 2 N–H and O–H groups in total. The Hall–Kier alpha value is -3.79. The van der Waals surface area contributed by atoms with E-state index in [1.54, 1.807) is 6.07 Å². The molecule has 0 saturated heterocycles.